The van der Waals surface area contributed by atoms with Crippen LogP contribution in [0, 0.1) is 0 Å². The summed E-state index contributed by atoms with van der Waals surface area (Å²) in [5, 5.41) is 7.38. The van der Waals surface area contributed by atoms with Gasteiger partial charge in [0.05, 0.1) is 6.21 Å². The van der Waals surface area contributed by atoms with Gasteiger partial charge in [-0.15, -0.1) is 10.2 Å². The number of rotatable bonds is 2. The van der Waals surface area contributed by atoms with Crippen molar-refractivity contribution in [3.63, 3.8) is 0 Å². The zero-order valence-electron chi connectivity index (χ0n) is 9.27. The van der Waals surface area contributed by atoms with E-state index in [2.05, 4.69) is 14.6 Å². The molecule has 1 rings (SSSR count). The lowest BCUT2D eigenvalue weighted by molar-refractivity contribution is 0.562. The predicted octanol–water partition coefficient (Wildman–Crippen LogP) is 1.59. The third-order valence-corrected chi connectivity index (χ3v) is 3.24. The Balaban J connectivity index is 2.88. The summed E-state index contributed by atoms with van der Waals surface area (Å²) in [4.78, 5) is 0. The molecule has 1 heterocycles. The topological polar surface area (TPSA) is 87.2 Å². The van der Waals surface area contributed by atoms with Crippen LogP contribution in [0.5, 0.6) is 0 Å². The van der Waals surface area contributed by atoms with Gasteiger partial charge in [0, 0.05) is 5.56 Å². The average molecular weight is 261 g/mol. The lowest BCUT2D eigenvalue weighted by Gasteiger charge is -2.17. The molecule has 0 aliphatic heterocycles. The highest BCUT2D eigenvalue weighted by Crippen LogP contribution is 2.18. The molecule has 1 unspecified atom stereocenters. The van der Waals surface area contributed by atoms with Crippen LogP contribution in [-0.2, 0) is 11.4 Å². The maximum absolute atomic E-state index is 11.6. The Labute approximate surface area is 102 Å². The van der Waals surface area contributed by atoms with Gasteiger partial charge >= 0.3 is 0 Å². The molecule has 1 aromatic heterocycles. The number of anilines is 1. The number of nitrogen functional groups attached to an aromatic ring is 1. The van der Waals surface area contributed by atoms with Gasteiger partial charge in [-0.1, -0.05) is 16.0 Å². The largest absolute Gasteiger partial charge is 0.591 e. The van der Waals surface area contributed by atoms with Crippen LogP contribution in [0.3, 0.4) is 0 Å². The smallest absolute Gasteiger partial charge is 0.160 e. The summed E-state index contributed by atoms with van der Waals surface area (Å²) in [5.41, 5.74) is 5.96. The highest BCUT2D eigenvalue weighted by molar-refractivity contribution is 7.91. The molecule has 16 heavy (non-hydrogen) atoms. The molecule has 0 aromatic carbocycles. The Morgan fingerprint density at radius 3 is 2.69 bits per heavy atom. The fourth-order valence-electron chi connectivity index (χ4n) is 0.760. The maximum atomic E-state index is 11.6. The normalized spacial score (nSPS) is 14.3. The molecule has 0 spiro atoms. The predicted molar refractivity (Wildman–Crippen MR) is 66.9 cm³/mol. The SMILES string of the molecule is CC(C)(C)[S+]([O-])/N=C/c1cc(N)nnc1Cl. The van der Waals surface area contributed by atoms with Gasteiger partial charge in [-0.05, 0) is 26.8 Å². The van der Waals surface area contributed by atoms with Gasteiger partial charge in [0.25, 0.3) is 0 Å². The molecule has 0 aliphatic carbocycles. The van der Waals surface area contributed by atoms with Crippen molar-refractivity contribution in [1.29, 1.82) is 0 Å². The van der Waals surface area contributed by atoms with E-state index >= 15 is 0 Å². The van der Waals surface area contributed by atoms with Crippen molar-refractivity contribution in [1.82, 2.24) is 10.2 Å². The fraction of sp³-hybridized carbons (Fsp3) is 0.444. The Morgan fingerprint density at radius 1 is 1.50 bits per heavy atom. The second kappa shape index (κ2) is 4.99. The first-order chi connectivity index (χ1) is 7.30. The summed E-state index contributed by atoms with van der Waals surface area (Å²) in [6.45, 7) is 5.50. The number of aromatic nitrogens is 2. The molecule has 0 aliphatic rings. The van der Waals surface area contributed by atoms with Gasteiger partial charge in [0.2, 0.25) is 0 Å². The minimum Gasteiger partial charge on any atom is -0.591 e. The van der Waals surface area contributed by atoms with Crippen LogP contribution in [-0.4, -0.2) is 25.7 Å². The van der Waals surface area contributed by atoms with Crippen molar-refractivity contribution in [2.75, 3.05) is 5.73 Å². The second-order valence-electron chi connectivity index (χ2n) is 4.11. The Kier molecular flexibility index (Phi) is 4.12. The van der Waals surface area contributed by atoms with E-state index in [0.717, 1.165) is 0 Å². The summed E-state index contributed by atoms with van der Waals surface area (Å²) in [5.74, 6) is 0.243. The molecule has 2 N–H and O–H groups in total. The molecule has 1 aromatic rings. The molecule has 88 valence electrons. The van der Waals surface area contributed by atoms with Gasteiger partial charge in [0.15, 0.2) is 5.15 Å². The number of hydrogen-bond donors (Lipinski definition) is 1. The van der Waals surface area contributed by atoms with E-state index in [0.29, 0.717) is 5.56 Å². The van der Waals surface area contributed by atoms with Crippen LogP contribution >= 0.6 is 11.6 Å². The fourth-order valence-corrected chi connectivity index (χ4v) is 1.43. The molecule has 0 radical (unpaired) electrons. The van der Waals surface area contributed by atoms with Gasteiger partial charge in [-0.3, -0.25) is 0 Å². The van der Waals surface area contributed by atoms with Crippen LogP contribution in [0.4, 0.5) is 5.82 Å². The zero-order valence-corrected chi connectivity index (χ0v) is 10.8. The highest BCUT2D eigenvalue weighted by Gasteiger charge is 2.25. The molecule has 5 nitrogen and oxygen atoms in total. The molecular weight excluding hydrogens is 248 g/mol. The van der Waals surface area contributed by atoms with E-state index in [1.807, 2.05) is 20.8 Å². The first-order valence-corrected chi connectivity index (χ1v) is 6.04. The van der Waals surface area contributed by atoms with Gasteiger partial charge in [-0.2, -0.15) is 0 Å². The van der Waals surface area contributed by atoms with Crippen molar-refractivity contribution >= 4 is 35.0 Å². The highest BCUT2D eigenvalue weighted by atomic mass is 35.5. The first-order valence-electron chi connectivity index (χ1n) is 4.55. The number of nitrogens with two attached hydrogens (primary N) is 1. The van der Waals surface area contributed by atoms with Crippen LogP contribution in [0.25, 0.3) is 0 Å². The summed E-state index contributed by atoms with van der Waals surface area (Å²) >= 11 is 4.44. The van der Waals surface area contributed by atoms with E-state index in [1.165, 1.54) is 12.3 Å². The Hall–Kier alpha value is -0.850. The van der Waals surface area contributed by atoms with Crippen molar-refractivity contribution in [2.24, 2.45) is 4.40 Å². The summed E-state index contributed by atoms with van der Waals surface area (Å²) in [7, 11) is 0. The van der Waals surface area contributed by atoms with Crippen LogP contribution in [0.2, 0.25) is 5.15 Å². The van der Waals surface area contributed by atoms with Crippen LogP contribution in [0.1, 0.15) is 26.3 Å². The molecule has 0 amide bonds. The lowest BCUT2D eigenvalue weighted by atomic mass is 10.3. The van der Waals surface area contributed by atoms with Crippen molar-refractivity contribution in [3.8, 4) is 0 Å². The van der Waals surface area contributed by atoms with Gasteiger partial charge < -0.3 is 10.3 Å². The third kappa shape index (κ3) is 3.62. The molecule has 0 saturated heterocycles. The molecule has 0 saturated carbocycles. The minimum absolute atomic E-state index is 0.184. The first kappa shape index (κ1) is 13.2. The van der Waals surface area contributed by atoms with Crippen LogP contribution in [0.15, 0.2) is 10.5 Å². The molecule has 7 heteroatoms. The summed E-state index contributed by atoms with van der Waals surface area (Å²) in [6, 6.07) is 1.53. The van der Waals surface area contributed by atoms with E-state index in [1.54, 1.807) is 0 Å². The van der Waals surface area contributed by atoms with Crippen molar-refractivity contribution in [3.05, 3.63) is 16.8 Å². The Morgan fingerprint density at radius 2 is 2.12 bits per heavy atom. The number of nitrogens with zero attached hydrogens (tertiary/aromatic N) is 3. The maximum Gasteiger partial charge on any atom is 0.160 e. The van der Waals surface area contributed by atoms with E-state index in [9.17, 15) is 4.55 Å². The molecule has 0 bridgehead atoms. The number of halogens is 1. The molecule has 0 fully saturated rings. The molecular formula is C9H13ClN4OS. The second-order valence-corrected chi connectivity index (χ2v) is 6.40. The van der Waals surface area contributed by atoms with E-state index in [-0.39, 0.29) is 11.0 Å². The standard InChI is InChI=1S/C9H13ClN4OS/c1-9(2,3)16(15)12-5-6-4-7(11)13-14-8(6)10/h4-5H,1-3H3,(H2,11,13)/b12-5+. The van der Waals surface area contributed by atoms with Gasteiger partial charge in [0.1, 0.15) is 21.9 Å². The summed E-state index contributed by atoms with van der Waals surface area (Å²) in [6.07, 6.45) is 1.40. The van der Waals surface area contributed by atoms with Crippen LogP contribution < -0.4 is 5.73 Å². The lowest BCUT2D eigenvalue weighted by Crippen LogP contribution is -2.25. The van der Waals surface area contributed by atoms with Crippen molar-refractivity contribution in [2.45, 2.75) is 25.5 Å². The quantitative estimate of drug-likeness (QED) is 0.646. The van der Waals surface area contributed by atoms with E-state index in [4.69, 9.17) is 17.3 Å². The average Bonchev–Trinajstić information content (AvgIpc) is 2.17. The monoisotopic (exact) mass is 260 g/mol. The molecule has 1 atom stereocenters. The van der Waals surface area contributed by atoms with E-state index < -0.39 is 16.1 Å². The zero-order chi connectivity index (χ0) is 12.3. The minimum atomic E-state index is -1.33. The third-order valence-electron chi connectivity index (χ3n) is 1.61. The summed E-state index contributed by atoms with van der Waals surface area (Å²) < 4.78 is 15.1. The number of hydrogen-bond acceptors (Lipinski definition) is 5. The van der Waals surface area contributed by atoms with Gasteiger partial charge in [-0.25, -0.2) is 0 Å². The Bertz CT molecular complexity index is 405. The van der Waals surface area contributed by atoms with Crippen molar-refractivity contribution < 1.29 is 4.55 Å².